The van der Waals surface area contributed by atoms with Crippen molar-refractivity contribution in [3.8, 4) is 28.7 Å². The second kappa shape index (κ2) is 12.5. The first kappa shape index (κ1) is 33.7. The van der Waals surface area contributed by atoms with Crippen LogP contribution >= 0.6 is 0 Å². The topological polar surface area (TPSA) is 110 Å². The highest BCUT2D eigenvalue weighted by atomic mass is 19.4. The summed E-state index contributed by atoms with van der Waals surface area (Å²) in [6, 6.07) is 5.90. The molecule has 1 unspecified atom stereocenters. The van der Waals surface area contributed by atoms with Gasteiger partial charge in [-0.3, -0.25) is 19.4 Å². The maximum absolute atomic E-state index is 13.3. The third-order valence-electron chi connectivity index (χ3n) is 10.4. The molecule has 2 bridgehead atoms. The fourth-order valence-corrected chi connectivity index (χ4v) is 8.28. The first-order valence-electron chi connectivity index (χ1n) is 16.4. The lowest BCUT2D eigenvalue weighted by Crippen LogP contribution is -2.64. The molecule has 0 saturated carbocycles. The molecule has 4 heterocycles. The average Bonchev–Trinajstić information content (AvgIpc) is 3.55. The van der Waals surface area contributed by atoms with E-state index in [-0.39, 0.29) is 42.8 Å². The molecule has 0 aromatic heterocycles. The molecule has 50 heavy (non-hydrogen) atoms. The van der Waals surface area contributed by atoms with Crippen LogP contribution in [0, 0.1) is 13.8 Å². The van der Waals surface area contributed by atoms with Crippen molar-refractivity contribution < 1.29 is 46.8 Å². The summed E-state index contributed by atoms with van der Waals surface area (Å²) in [4.78, 5) is 30.3. The van der Waals surface area contributed by atoms with Crippen molar-refractivity contribution in [2.75, 3.05) is 34.0 Å². The monoisotopic (exact) mass is 693 g/mol. The van der Waals surface area contributed by atoms with Gasteiger partial charge >= 0.3 is 12.1 Å². The van der Waals surface area contributed by atoms with Crippen LogP contribution in [0.2, 0.25) is 0 Å². The van der Waals surface area contributed by atoms with Crippen molar-refractivity contribution in [2.24, 2.45) is 0 Å². The van der Waals surface area contributed by atoms with Gasteiger partial charge in [0.2, 0.25) is 12.7 Å². The van der Waals surface area contributed by atoms with Gasteiger partial charge in [-0.2, -0.15) is 13.2 Å². The summed E-state index contributed by atoms with van der Waals surface area (Å²) in [6.45, 7) is 5.76. The van der Waals surface area contributed by atoms with Gasteiger partial charge in [0.15, 0.2) is 23.0 Å². The average molecular weight is 694 g/mol. The highest BCUT2D eigenvalue weighted by Gasteiger charge is 2.52. The molecule has 4 aliphatic rings. The molecule has 7 rings (SSSR count). The van der Waals surface area contributed by atoms with E-state index >= 15 is 0 Å². The lowest BCUT2D eigenvalue weighted by Gasteiger charge is -2.58. The van der Waals surface area contributed by atoms with Crippen molar-refractivity contribution in [2.45, 2.75) is 64.0 Å². The second-order valence-electron chi connectivity index (χ2n) is 13.3. The SMILES string of the molecule is COc1c(C)cc2c(c1O)[C@@H]1C3Cc4c(OC(C)=O)c(C)c5c(c4[C@H](CNC(=O)/C=C/c4cccc(C(F)(F)F)c4)N3C[C@H](C2)N1C)OCO5. The summed E-state index contributed by atoms with van der Waals surface area (Å²) < 4.78 is 63.2. The summed E-state index contributed by atoms with van der Waals surface area (Å²) >= 11 is 0. The number of aromatic hydroxyl groups is 1. The first-order valence-corrected chi connectivity index (χ1v) is 16.4. The number of nitrogens with one attached hydrogen (secondary N) is 1. The Morgan fingerprint density at radius 3 is 2.58 bits per heavy atom. The predicted molar refractivity (Wildman–Crippen MR) is 176 cm³/mol. The lowest BCUT2D eigenvalue weighted by atomic mass is 9.74. The van der Waals surface area contributed by atoms with Gasteiger partial charge in [0.25, 0.3) is 0 Å². The second-order valence-corrected chi connectivity index (χ2v) is 13.3. The van der Waals surface area contributed by atoms with E-state index in [1.807, 2.05) is 20.9 Å². The summed E-state index contributed by atoms with van der Waals surface area (Å²) in [5.74, 6) is 0.889. The largest absolute Gasteiger partial charge is 0.504 e. The van der Waals surface area contributed by atoms with Crippen molar-refractivity contribution in [3.05, 3.63) is 80.9 Å². The number of alkyl halides is 3. The van der Waals surface area contributed by atoms with Crippen molar-refractivity contribution in [1.82, 2.24) is 15.1 Å². The molecule has 3 aromatic carbocycles. The number of likely N-dealkylation sites (N-methyl/N-ethyl adjacent to an activating group) is 1. The van der Waals surface area contributed by atoms with Gasteiger partial charge < -0.3 is 29.4 Å². The first-order chi connectivity index (χ1) is 23.8. The van der Waals surface area contributed by atoms with Gasteiger partial charge in [-0.1, -0.05) is 18.2 Å². The van der Waals surface area contributed by atoms with Gasteiger partial charge in [-0.15, -0.1) is 0 Å². The maximum Gasteiger partial charge on any atom is 0.416 e. The molecule has 0 aliphatic carbocycles. The van der Waals surface area contributed by atoms with Crippen molar-refractivity contribution >= 4 is 18.0 Å². The molecular weight excluding hydrogens is 655 g/mol. The van der Waals surface area contributed by atoms with E-state index in [0.717, 1.165) is 39.9 Å². The normalized spacial score (nSPS) is 22.5. The number of aryl methyl sites for hydroxylation is 1. The minimum Gasteiger partial charge on any atom is -0.504 e. The van der Waals surface area contributed by atoms with E-state index in [0.29, 0.717) is 47.9 Å². The molecular formula is C37H38F3N3O7. The number of hydrogen-bond donors (Lipinski definition) is 2. The quantitative estimate of drug-likeness (QED) is 0.199. The summed E-state index contributed by atoms with van der Waals surface area (Å²) in [6.07, 6.45) is -0.837. The Balaban J connectivity index is 1.30. The molecule has 4 aliphatic heterocycles. The fourth-order valence-electron chi connectivity index (χ4n) is 8.28. The number of piperazine rings is 1. The molecule has 10 nitrogen and oxygen atoms in total. The number of rotatable bonds is 6. The maximum atomic E-state index is 13.3. The summed E-state index contributed by atoms with van der Waals surface area (Å²) in [7, 11) is 3.58. The minimum absolute atomic E-state index is 0.0250. The van der Waals surface area contributed by atoms with Crippen LogP contribution in [0.15, 0.2) is 36.4 Å². The summed E-state index contributed by atoms with van der Waals surface area (Å²) in [5.41, 5.74) is 4.22. The standard InChI is InChI=1S/C37H38F3N3O7/c1-18-11-22-13-24-16-43-26(31(42(24)4)29(22)32(46)33(18)47-5)14-25-30(36-35(48-17-49-36)19(2)34(25)50-20(3)44)27(43)15-41-28(45)10-9-21-7-6-8-23(12-21)37(38,39)40/h6-12,24,26-27,31,46H,13-17H2,1-5H3,(H,41,45)/b10-9+/t24-,26?,27-,31-/m0/s1. The number of nitrogens with zero attached hydrogens (tertiary/aromatic N) is 2. The number of esters is 1. The van der Waals surface area contributed by atoms with Crippen molar-refractivity contribution in [3.63, 3.8) is 0 Å². The molecule has 1 fully saturated rings. The van der Waals surface area contributed by atoms with E-state index in [1.54, 1.807) is 0 Å². The molecule has 13 heteroatoms. The molecule has 0 radical (unpaired) electrons. The van der Waals surface area contributed by atoms with Crippen LogP contribution in [0.1, 0.15) is 63.5 Å². The molecule has 3 aromatic rings. The third-order valence-corrected chi connectivity index (χ3v) is 10.4. The lowest BCUT2D eigenvalue weighted by molar-refractivity contribution is -0.137. The number of halogens is 3. The third kappa shape index (κ3) is 5.62. The minimum atomic E-state index is -4.51. The number of hydrogen-bond acceptors (Lipinski definition) is 9. The highest BCUT2D eigenvalue weighted by molar-refractivity contribution is 5.91. The molecule has 264 valence electrons. The Morgan fingerprint density at radius 2 is 1.86 bits per heavy atom. The molecule has 0 spiro atoms. The summed E-state index contributed by atoms with van der Waals surface area (Å²) in [5, 5.41) is 14.6. The van der Waals surface area contributed by atoms with Crippen molar-refractivity contribution in [1.29, 1.82) is 0 Å². The molecule has 4 atom stereocenters. The van der Waals surface area contributed by atoms with Crippen LogP contribution in [-0.2, 0) is 28.6 Å². The Labute approximate surface area is 287 Å². The molecule has 1 saturated heterocycles. The number of phenolic OH excluding ortho intramolecular Hbond substituents is 1. The van der Waals surface area contributed by atoms with Gasteiger partial charge in [0.1, 0.15) is 5.75 Å². The zero-order valence-electron chi connectivity index (χ0n) is 28.3. The Kier molecular flexibility index (Phi) is 8.46. The van der Waals surface area contributed by atoms with Gasteiger partial charge in [0, 0.05) is 60.4 Å². The Morgan fingerprint density at radius 1 is 1.10 bits per heavy atom. The van der Waals surface area contributed by atoms with Crippen LogP contribution in [0.4, 0.5) is 13.2 Å². The van der Waals surface area contributed by atoms with E-state index in [9.17, 15) is 27.9 Å². The van der Waals surface area contributed by atoms with Crippen LogP contribution in [0.3, 0.4) is 0 Å². The number of benzene rings is 3. The van der Waals surface area contributed by atoms with Crippen LogP contribution in [0.5, 0.6) is 28.7 Å². The smallest absolute Gasteiger partial charge is 0.416 e. The van der Waals surface area contributed by atoms with Crippen LogP contribution < -0.4 is 24.3 Å². The number of phenols is 1. The number of carbonyl (C=O) groups excluding carboxylic acids is 2. The zero-order chi connectivity index (χ0) is 35.6. The van der Waals surface area contributed by atoms with Crippen LogP contribution in [0.25, 0.3) is 6.08 Å². The van der Waals surface area contributed by atoms with E-state index in [4.69, 9.17) is 18.9 Å². The number of fused-ring (bicyclic) bond motifs is 9. The Bertz CT molecular complexity index is 1930. The van der Waals surface area contributed by atoms with Gasteiger partial charge in [-0.05, 0) is 68.6 Å². The predicted octanol–water partition coefficient (Wildman–Crippen LogP) is 5.40. The molecule has 1 amide bonds. The number of ether oxygens (including phenoxy) is 4. The van der Waals surface area contributed by atoms with E-state index in [2.05, 4.69) is 21.2 Å². The Hall–Kier alpha value is -4.75. The zero-order valence-corrected chi connectivity index (χ0v) is 28.3. The highest BCUT2D eigenvalue weighted by Crippen LogP contribution is 2.57. The fraction of sp³-hybridized carbons (Fsp3) is 0.405. The van der Waals surface area contributed by atoms with Gasteiger partial charge in [0.05, 0.1) is 24.8 Å². The van der Waals surface area contributed by atoms with Crippen LogP contribution in [-0.4, -0.2) is 72.9 Å². The molecule has 2 N–H and O–H groups in total. The number of amides is 1. The number of carbonyl (C=O) groups is 2. The number of methoxy groups -OCH3 is 1. The van der Waals surface area contributed by atoms with E-state index < -0.39 is 29.7 Å². The van der Waals surface area contributed by atoms with E-state index in [1.165, 1.54) is 38.3 Å². The van der Waals surface area contributed by atoms with Gasteiger partial charge in [-0.25, -0.2) is 0 Å².